The van der Waals surface area contributed by atoms with Crippen LogP contribution in [0.3, 0.4) is 0 Å². The van der Waals surface area contributed by atoms with E-state index < -0.39 is 0 Å². The molecule has 2 atom stereocenters. The summed E-state index contributed by atoms with van der Waals surface area (Å²) in [6.07, 6.45) is 5.68. The Bertz CT molecular complexity index is 94.7. The Labute approximate surface area is 105 Å². The Morgan fingerprint density at radius 2 is 1.19 bits per heavy atom. The van der Waals surface area contributed by atoms with Crippen LogP contribution in [0.2, 0.25) is 0 Å². The predicted molar refractivity (Wildman–Crippen MR) is 78.2 cm³/mol. The van der Waals surface area contributed by atoms with Gasteiger partial charge in [-0.1, -0.05) is 47.5 Å². The normalized spacial score (nSPS) is 22.5. The maximum atomic E-state index is 3.35. The van der Waals surface area contributed by atoms with Crippen molar-refractivity contribution in [2.45, 2.75) is 66.3 Å². The monoisotopic (exact) mass is 232 g/mol. The molecule has 0 amide bonds. The van der Waals surface area contributed by atoms with Crippen molar-refractivity contribution in [1.82, 2.24) is 10.6 Å². The van der Waals surface area contributed by atoms with E-state index in [4.69, 9.17) is 0 Å². The van der Waals surface area contributed by atoms with Gasteiger partial charge < -0.3 is 10.6 Å². The Kier molecular flexibility index (Phi) is 27.0. The molecule has 0 heterocycles. The maximum Gasteiger partial charge on any atom is 0.00896 e. The SMILES string of the molecule is CC.CC.CNC.CNC1CCCCC1C. The van der Waals surface area contributed by atoms with Crippen LogP contribution < -0.4 is 10.6 Å². The van der Waals surface area contributed by atoms with Gasteiger partial charge >= 0.3 is 0 Å². The largest absolute Gasteiger partial charge is 0.323 e. The van der Waals surface area contributed by atoms with E-state index in [1.54, 1.807) is 0 Å². The van der Waals surface area contributed by atoms with Gasteiger partial charge in [-0.2, -0.15) is 0 Å². The highest BCUT2D eigenvalue weighted by molar-refractivity contribution is 4.75. The highest BCUT2D eigenvalue weighted by Crippen LogP contribution is 2.22. The zero-order chi connectivity index (χ0) is 13.4. The summed E-state index contributed by atoms with van der Waals surface area (Å²) in [5.41, 5.74) is 0. The van der Waals surface area contributed by atoms with Crippen LogP contribution in [0.5, 0.6) is 0 Å². The van der Waals surface area contributed by atoms with Crippen molar-refractivity contribution < 1.29 is 0 Å². The minimum absolute atomic E-state index is 0.804. The van der Waals surface area contributed by atoms with E-state index in [0.29, 0.717) is 0 Å². The van der Waals surface area contributed by atoms with Crippen LogP contribution in [-0.2, 0) is 0 Å². The second-order valence-corrected chi connectivity index (χ2v) is 3.66. The van der Waals surface area contributed by atoms with Crippen LogP contribution in [0.25, 0.3) is 0 Å². The van der Waals surface area contributed by atoms with E-state index in [2.05, 4.69) is 24.6 Å². The average molecular weight is 232 g/mol. The average Bonchev–Trinajstić information content (AvgIpc) is 2.36. The molecule has 2 N–H and O–H groups in total. The van der Waals surface area contributed by atoms with Crippen LogP contribution in [0.1, 0.15) is 60.3 Å². The third-order valence-corrected chi connectivity index (χ3v) is 2.48. The number of hydrogen-bond donors (Lipinski definition) is 2. The predicted octanol–water partition coefficient (Wildman–Crippen LogP) is 3.67. The van der Waals surface area contributed by atoms with Gasteiger partial charge in [0.15, 0.2) is 0 Å². The van der Waals surface area contributed by atoms with Crippen molar-refractivity contribution in [3.05, 3.63) is 0 Å². The molecule has 1 aliphatic carbocycles. The Balaban J connectivity index is -0.000000206. The maximum absolute atomic E-state index is 3.35. The van der Waals surface area contributed by atoms with E-state index in [0.717, 1.165) is 12.0 Å². The van der Waals surface area contributed by atoms with Crippen LogP contribution in [0.15, 0.2) is 0 Å². The summed E-state index contributed by atoms with van der Waals surface area (Å²) in [5, 5.41) is 6.10. The van der Waals surface area contributed by atoms with Gasteiger partial charge in [0.1, 0.15) is 0 Å². The molecular weight excluding hydrogens is 196 g/mol. The number of hydrogen-bond acceptors (Lipinski definition) is 2. The summed E-state index contributed by atoms with van der Waals surface area (Å²) in [7, 11) is 5.83. The fourth-order valence-electron chi connectivity index (χ4n) is 1.75. The zero-order valence-corrected chi connectivity index (χ0v) is 13.0. The van der Waals surface area contributed by atoms with Gasteiger partial charge in [0, 0.05) is 6.04 Å². The second kappa shape index (κ2) is 20.3. The molecule has 0 radical (unpaired) electrons. The number of nitrogens with one attached hydrogen (secondary N) is 2. The van der Waals surface area contributed by atoms with Crippen molar-refractivity contribution in [2.24, 2.45) is 5.92 Å². The number of rotatable bonds is 1. The first-order valence-electron chi connectivity index (χ1n) is 7.02. The van der Waals surface area contributed by atoms with Gasteiger partial charge in [0.25, 0.3) is 0 Å². The molecule has 102 valence electrons. The summed E-state index contributed by atoms with van der Waals surface area (Å²) in [6.45, 7) is 10.3. The summed E-state index contributed by atoms with van der Waals surface area (Å²) in [6, 6.07) is 0.804. The molecular formula is C14H36N2. The van der Waals surface area contributed by atoms with Crippen molar-refractivity contribution in [3.63, 3.8) is 0 Å². The van der Waals surface area contributed by atoms with Gasteiger partial charge in [-0.25, -0.2) is 0 Å². The minimum Gasteiger partial charge on any atom is -0.323 e. The molecule has 0 aromatic rings. The van der Waals surface area contributed by atoms with Crippen LogP contribution in [0, 0.1) is 5.92 Å². The van der Waals surface area contributed by atoms with E-state index in [1.807, 2.05) is 41.8 Å². The van der Waals surface area contributed by atoms with Crippen LogP contribution in [0.4, 0.5) is 0 Å². The Hall–Kier alpha value is -0.0800. The van der Waals surface area contributed by atoms with E-state index in [1.165, 1.54) is 25.7 Å². The summed E-state index contributed by atoms with van der Waals surface area (Å²) in [5.74, 6) is 0.906. The fourth-order valence-corrected chi connectivity index (χ4v) is 1.75. The second-order valence-electron chi connectivity index (χ2n) is 3.66. The van der Waals surface area contributed by atoms with Crippen LogP contribution >= 0.6 is 0 Å². The van der Waals surface area contributed by atoms with Gasteiger partial charge in [-0.15, -0.1) is 0 Å². The lowest BCUT2D eigenvalue weighted by atomic mass is 9.86. The molecule has 1 aliphatic rings. The van der Waals surface area contributed by atoms with Crippen molar-refractivity contribution in [1.29, 1.82) is 0 Å². The van der Waals surface area contributed by atoms with Crippen molar-refractivity contribution >= 4 is 0 Å². The molecule has 0 spiro atoms. The molecule has 2 nitrogen and oxygen atoms in total. The molecule has 0 aromatic heterocycles. The van der Waals surface area contributed by atoms with Gasteiger partial charge in [0.2, 0.25) is 0 Å². The summed E-state index contributed by atoms with van der Waals surface area (Å²) < 4.78 is 0. The first-order chi connectivity index (χ1) is 7.76. The first-order valence-corrected chi connectivity index (χ1v) is 7.02. The minimum atomic E-state index is 0.804. The summed E-state index contributed by atoms with van der Waals surface area (Å²) in [4.78, 5) is 0. The highest BCUT2D eigenvalue weighted by Gasteiger charge is 2.18. The smallest absolute Gasteiger partial charge is 0.00896 e. The van der Waals surface area contributed by atoms with Crippen LogP contribution in [-0.4, -0.2) is 27.2 Å². The fraction of sp³-hybridized carbons (Fsp3) is 1.00. The van der Waals surface area contributed by atoms with Gasteiger partial charge in [0.05, 0.1) is 0 Å². The molecule has 0 aliphatic heterocycles. The molecule has 1 saturated carbocycles. The first kappa shape index (κ1) is 21.2. The van der Waals surface area contributed by atoms with Crippen molar-refractivity contribution in [3.8, 4) is 0 Å². The molecule has 0 aromatic carbocycles. The highest BCUT2D eigenvalue weighted by atomic mass is 14.9. The summed E-state index contributed by atoms with van der Waals surface area (Å²) >= 11 is 0. The third kappa shape index (κ3) is 13.9. The molecule has 16 heavy (non-hydrogen) atoms. The quantitative estimate of drug-likeness (QED) is 0.721. The standard InChI is InChI=1S/C8H17N.C2H7N.2C2H6/c1-7-5-3-4-6-8(7)9-2;1-3-2;2*1-2/h7-9H,3-6H2,1-2H3;3H,1-2H3;2*1-2H3. The lowest BCUT2D eigenvalue weighted by Gasteiger charge is -2.27. The molecule has 1 fully saturated rings. The molecule has 0 bridgehead atoms. The molecule has 0 saturated heterocycles. The Morgan fingerprint density at radius 1 is 0.812 bits per heavy atom. The third-order valence-electron chi connectivity index (χ3n) is 2.48. The lowest BCUT2D eigenvalue weighted by molar-refractivity contribution is 0.294. The Morgan fingerprint density at radius 3 is 1.44 bits per heavy atom. The van der Waals surface area contributed by atoms with Gasteiger partial charge in [-0.3, -0.25) is 0 Å². The lowest BCUT2D eigenvalue weighted by Crippen LogP contribution is -2.34. The topological polar surface area (TPSA) is 24.1 Å². The van der Waals surface area contributed by atoms with E-state index in [9.17, 15) is 0 Å². The molecule has 2 unspecified atom stereocenters. The molecule has 2 heteroatoms. The molecule has 1 rings (SSSR count). The van der Waals surface area contributed by atoms with E-state index >= 15 is 0 Å². The van der Waals surface area contributed by atoms with Gasteiger partial charge in [-0.05, 0) is 39.9 Å². The zero-order valence-electron chi connectivity index (χ0n) is 13.0. The van der Waals surface area contributed by atoms with Crippen molar-refractivity contribution in [2.75, 3.05) is 21.1 Å². The van der Waals surface area contributed by atoms with E-state index in [-0.39, 0.29) is 0 Å².